The molecule has 15 heavy (non-hydrogen) atoms. The maximum atomic E-state index is 12.1. The second-order valence-corrected chi connectivity index (χ2v) is 3.96. The normalized spacial score (nSPS) is 29.5. The van der Waals surface area contributed by atoms with E-state index in [1.54, 1.807) is 0 Å². The fourth-order valence-electron chi connectivity index (χ4n) is 1.95. The van der Waals surface area contributed by atoms with E-state index in [4.69, 9.17) is 5.11 Å². The predicted molar refractivity (Wildman–Crippen MR) is 54.7 cm³/mol. The van der Waals surface area contributed by atoms with Gasteiger partial charge in [-0.25, -0.2) is 4.79 Å². The van der Waals surface area contributed by atoms with Crippen LogP contribution in [-0.2, 0) is 11.3 Å². The Bertz CT molecular complexity index is 365. The molecular formula is C11H13NO3. The number of nitrogens with zero attached hydrogens (tertiary/aromatic N) is 1. The molecular weight excluding hydrogens is 194 g/mol. The molecule has 1 aromatic carbocycles. The van der Waals surface area contributed by atoms with E-state index in [9.17, 15) is 10.0 Å². The van der Waals surface area contributed by atoms with Gasteiger partial charge in [-0.1, -0.05) is 30.3 Å². The summed E-state index contributed by atoms with van der Waals surface area (Å²) in [5.74, 6) is -0.979. The van der Waals surface area contributed by atoms with E-state index in [-0.39, 0.29) is 6.54 Å². The minimum absolute atomic E-state index is 0.262. The van der Waals surface area contributed by atoms with E-state index in [0.29, 0.717) is 13.0 Å². The average Bonchev–Trinajstić information content (AvgIpc) is 2.17. The molecule has 0 unspecified atom stereocenters. The molecule has 0 spiro atoms. The van der Waals surface area contributed by atoms with Gasteiger partial charge in [-0.3, -0.25) is 0 Å². The molecule has 4 heteroatoms. The van der Waals surface area contributed by atoms with Crippen molar-refractivity contribution in [3.8, 4) is 0 Å². The third kappa shape index (κ3) is 1.86. The lowest BCUT2D eigenvalue weighted by atomic mass is 10.0. The molecule has 0 aromatic heterocycles. The van der Waals surface area contributed by atoms with Crippen LogP contribution in [0.2, 0.25) is 0 Å². The lowest BCUT2D eigenvalue weighted by molar-refractivity contribution is -0.949. The predicted octanol–water partition coefficient (Wildman–Crippen LogP) is 1.36. The van der Waals surface area contributed by atoms with Gasteiger partial charge < -0.3 is 15.0 Å². The summed E-state index contributed by atoms with van der Waals surface area (Å²) >= 11 is 0. The molecule has 0 saturated carbocycles. The Labute approximate surface area is 87.9 Å². The fraction of sp³-hybridized carbons (Fsp3) is 0.364. The van der Waals surface area contributed by atoms with Crippen molar-refractivity contribution in [1.82, 2.24) is 0 Å². The highest BCUT2D eigenvalue weighted by molar-refractivity contribution is 5.72. The van der Waals surface area contributed by atoms with Crippen molar-refractivity contribution < 1.29 is 14.5 Å². The molecule has 1 fully saturated rings. The van der Waals surface area contributed by atoms with E-state index in [0.717, 1.165) is 5.56 Å². The van der Waals surface area contributed by atoms with Crippen molar-refractivity contribution in [1.29, 1.82) is 0 Å². The third-order valence-corrected chi connectivity index (χ3v) is 2.93. The van der Waals surface area contributed by atoms with E-state index in [1.807, 2.05) is 30.3 Å². The summed E-state index contributed by atoms with van der Waals surface area (Å²) in [6.07, 6.45) is 0.492. The van der Waals surface area contributed by atoms with Gasteiger partial charge >= 0.3 is 5.97 Å². The number of hydroxylamine groups is 3. The summed E-state index contributed by atoms with van der Waals surface area (Å²) in [7, 11) is 0. The number of hydrogen-bond acceptors (Lipinski definition) is 2. The average molecular weight is 207 g/mol. The van der Waals surface area contributed by atoms with Crippen LogP contribution in [0.25, 0.3) is 0 Å². The smallest absolute Gasteiger partial charge is 0.363 e. The molecule has 2 atom stereocenters. The lowest BCUT2D eigenvalue weighted by Crippen LogP contribution is -2.63. The SMILES string of the molecule is O=C(O)[C@@H]1CC[N@@+]1([O-])Cc1ccccc1. The molecule has 1 aliphatic heterocycles. The van der Waals surface area contributed by atoms with Crippen molar-refractivity contribution in [3.05, 3.63) is 41.1 Å². The third-order valence-electron chi connectivity index (χ3n) is 2.93. The van der Waals surface area contributed by atoms with E-state index in [1.165, 1.54) is 0 Å². The van der Waals surface area contributed by atoms with Crippen LogP contribution in [0.15, 0.2) is 30.3 Å². The Balaban J connectivity index is 2.09. The molecule has 1 saturated heterocycles. The van der Waals surface area contributed by atoms with Crippen LogP contribution < -0.4 is 0 Å². The van der Waals surface area contributed by atoms with Gasteiger partial charge in [0.15, 0.2) is 6.04 Å². The van der Waals surface area contributed by atoms with E-state index < -0.39 is 16.7 Å². The standard InChI is InChI=1S/C11H13NO3/c13-11(14)10-6-7-12(10,15)8-9-4-2-1-3-5-9/h1-5,10H,6-8H2,(H,13,14)/t10-,12+/m0/s1. The van der Waals surface area contributed by atoms with Crippen molar-refractivity contribution in [2.24, 2.45) is 0 Å². The number of hydrogen-bond donors (Lipinski definition) is 1. The van der Waals surface area contributed by atoms with E-state index >= 15 is 0 Å². The van der Waals surface area contributed by atoms with E-state index in [2.05, 4.69) is 0 Å². The van der Waals surface area contributed by atoms with Gasteiger partial charge in [0.2, 0.25) is 0 Å². The van der Waals surface area contributed by atoms with Crippen LogP contribution in [0.4, 0.5) is 0 Å². The molecule has 4 nitrogen and oxygen atoms in total. The first-order chi connectivity index (χ1) is 7.12. The van der Waals surface area contributed by atoms with Gasteiger partial charge in [-0.15, -0.1) is 0 Å². The van der Waals surface area contributed by atoms with Gasteiger partial charge in [0.05, 0.1) is 13.0 Å². The van der Waals surface area contributed by atoms with Crippen molar-refractivity contribution >= 4 is 5.97 Å². The number of benzene rings is 1. The molecule has 1 heterocycles. The number of carbonyl (C=O) groups is 1. The Hall–Kier alpha value is -1.39. The molecule has 1 N–H and O–H groups in total. The number of likely N-dealkylation sites (tertiary alicyclic amines) is 1. The highest BCUT2D eigenvalue weighted by Crippen LogP contribution is 2.30. The topological polar surface area (TPSA) is 60.4 Å². The zero-order chi connectivity index (χ0) is 10.9. The highest BCUT2D eigenvalue weighted by Gasteiger charge is 2.44. The second-order valence-electron chi connectivity index (χ2n) is 3.96. The first-order valence-electron chi connectivity index (χ1n) is 4.96. The number of carboxylic acid groups (broad SMARTS) is 1. The maximum absolute atomic E-state index is 12.1. The summed E-state index contributed by atoms with van der Waals surface area (Å²) < 4.78 is -0.612. The van der Waals surface area contributed by atoms with Crippen LogP contribution in [0.3, 0.4) is 0 Å². The summed E-state index contributed by atoms with van der Waals surface area (Å²) in [6.45, 7) is 0.670. The quantitative estimate of drug-likeness (QED) is 0.601. The minimum Gasteiger partial charge on any atom is -0.632 e. The molecule has 1 aromatic rings. The summed E-state index contributed by atoms with van der Waals surface area (Å²) in [5.41, 5.74) is 0.901. The zero-order valence-corrected chi connectivity index (χ0v) is 8.30. The zero-order valence-electron chi connectivity index (χ0n) is 8.30. The summed E-state index contributed by atoms with van der Waals surface area (Å²) in [4.78, 5) is 10.8. The first-order valence-corrected chi connectivity index (χ1v) is 4.96. The van der Waals surface area contributed by atoms with Gasteiger partial charge in [0.25, 0.3) is 0 Å². The summed E-state index contributed by atoms with van der Waals surface area (Å²) in [6, 6.07) is 8.53. The van der Waals surface area contributed by atoms with Crippen LogP contribution in [-0.4, -0.2) is 28.3 Å². The Morgan fingerprint density at radius 3 is 2.60 bits per heavy atom. The molecule has 2 rings (SSSR count). The highest BCUT2D eigenvalue weighted by atomic mass is 16.6. The number of aliphatic carboxylic acids is 1. The Kier molecular flexibility index (Phi) is 2.46. The molecule has 0 amide bonds. The molecule has 0 aliphatic carbocycles. The summed E-state index contributed by atoms with van der Waals surface area (Å²) in [5, 5.41) is 20.9. The van der Waals surface area contributed by atoms with Crippen LogP contribution in [0.1, 0.15) is 12.0 Å². The van der Waals surface area contributed by atoms with Crippen LogP contribution in [0.5, 0.6) is 0 Å². The Morgan fingerprint density at radius 2 is 2.13 bits per heavy atom. The van der Waals surface area contributed by atoms with Crippen molar-refractivity contribution in [2.75, 3.05) is 6.54 Å². The monoisotopic (exact) mass is 207 g/mol. The number of quaternary nitrogens is 1. The molecule has 80 valence electrons. The number of rotatable bonds is 3. The maximum Gasteiger partial charge on any atom is 0.363 e. The fourth-order valence-corrected chi connectivity index (χ4v) is 1.95. The van der Waals surface area contributed by atoms with Crippen molar-refractivity contribution in [3.63, 3.8) is 0 Å². The van der Waals surface area contributed by atoms with Crippen LogP contribution in [0, 0.1) is 5.21 Å². The number of carboxylic acids is 1. The molecule has 1 aliphatic rings. The van der Waals surface area contributed by atoms with Gasteiger partial charge in [0.1, 0.15) is 6.54 Å². The lowest BCUT2D eigenvalue weighted by Gasteiger charge is -2.54. The van der Waals surface area contributed by atoms with Crippen molar-refractivity contribution in [2.45, 2.75) is 19.0 Å². The molecule has 0 radical (unpaired) electrons. The first kappa shape index (κ1) is 10.1. The van der Waals surface area contributed by atoms with Gasteiger partial charge in [-0.05, 0) is 0 Å². The minimum atomic E-state index is -0.979. The van der Waals surface area contributed by atoms with Crippen LogP contribution >= 0.6 is 0 Å². The largest absolute Gasteiger partial charge is 0.632 e. The molecule has 0 bridgehead atoms. The van der Waals surface area contributed by atoms with Gasteiger partial charge in [0, 0.05) is 5.56 Å². The van der Waals surface area contributed by atoms with Gasteiger partial charge in [-0.2, -0.15) is 0 Å². The second kappa shape index (κ2) is 3.64. The Morgan fingerprint density at radius 1 is 1.47 bits per heavy atom.